The van der Waals surface area contributed by atoms with Crippen LogP contribution in [0.5, 0.6) is 0 Å². The van der Waals surface area contributed by atoms with Gasteiger partial charge in [-0.2, -0.15) is 26.3 Å². The summed E-state index contributed by atoms with van der Waals surface area (Å²) in [6.07, 6.45) is -9.47. The third-order valence-corrected chi connectivity index (χ3v) is 6.15. The van der Waals surface area contributed by atoms with E-state index in [0.717, 1.165) is 9.90 Å². The zero-order valence-electron chi connectivity index (χ0n) is 14.9. The Hall–Kier alpha value is -2.34. The molecule has 0 bridgehead atoms. The van der Waals surface area contributed by atoms with E-state index in [0.29, 0.717) is 16.0 Å². The van der Waals surface area contributed by atoms with Gasteiger partial charge in [-0.25, -0.2) is 4.98 Å². The van der Waals surface area contributed by atoms with Crippen LogP contribution in [0.4, 0.5) is 32.0 Å². The summed E-state index contributed by atoms with van der Waals surface area (Å²) in [5.74, 6) is -4.45. The molecular weight excluding hydrogens is 452 g/mol. The first-order valence-corrected chi connectivity index (χ1v) is 10.2. The minimum Gasteiger partial charge on any atom is -0.326 e. The minimum absolute atomic E-state index is 0.100. The maximum atomic E-state index is 12.6. The first-order chi connectivity index (χ1) is 14.0. The molecule has 0 unspecified atom stereocenters. The van der Waals surface area contributed by atoms with Crippen molar-refractivity contribution in [2.75, 3.05) is 5.32 Å². The number of rotatable bonds is 6. The monoisotopic (exact) mass is 465 g/mol. The van der Waals surface area contributed by atoms with Gasteiger partial charge in [-0.05, 0) is 29.8 Å². The van der Waals surface area contributed by atoms with Crippen molar-refractivity contribution in [1.29, 1.82) is 0 Å². The molecule has 2 heterocycles. The number of benzene rings is 1. The lowest BCUT2D eigenvalue weighted by molar-refractivity contribution is -0.283. The van der Waals surface area contributed by atoms with Crippen LogP contribution in [0.2, 0.25) is 0 Å². The van der Waals surface area contributed by atoms with E-state index >= 15 is 0 Å². The van der Waals surface area contributed by atoms with Gasteiger partial charge in [0.15, 0.2) is 10.3 Å². The number of thioether (sulfide) groups is 1. The molecule has 0 saturated heterocycles. The molecule has 0 atom stereocenters. The van der Waals surface area contributed by atoms with Crippen molar-refractivity contribution in [3.8, 4) is 0 Å². The van der Waals surface area contributed by atoms with Crippen molar-refractivity contribution in [1.82, 2.24) is 9.97 Å². The third-order valence-electron chi connectivity index (χ3n) is 3.92. The molecule has 0 aliphatic rings. The van der Waals surface area contributed by atoms with Crippen molar-refractivity contribution in [3.63, 3.8) is 0 Å². The molecule has 1 N–H and O–H groups in total. The van der Waals surface area contributed by atoms with E-state index in [9.17, 15) is 31.1 Å². The van der Waals surface area contributed by atoms with Gasteiger partial charge in [0.05, 0.1) is 10.2 Å². The van der Waals surface area contributed by atoms with Crippen LogP contribution in [0.15, 0.2) is 47.1 Å². The second-order valence-corrected chi connectivity index (χ2v) is 8.45. The molecule has 4 nitrogen and oxygen atoms in total. The van der Waals surface area contributed by atoms with Gasteiger partial charge >= 0.3 is 12.4 Å². The molecule has 0 spiro atoms. The molecule has 0 aliphatic carbocycles. The Morgan fingerprint density at radius 1 is 1.13 bits per heavy atom. The fraction of sp³-hybridized carbons (Fsp3) is 0.278. The van der Waals surface area contributed by atoms with Crippen molar-refractivity contribution in [3.05, 3.63) is 48.3 Å². The Morgan fingerprint density at radius 3 is 2.50 bits per heavy atom. The number of fused-ring (bicyclic) bond motifs is 1. The predicted octanol–water partition coefficient (Wildman–Crippen LogP) is 6.05. The number of alkyl halides is 6. The van der Waals surface area contributed by atoms with Gasteiger partial charge in [-0.3, -0.25) is 9.78 Å². The lowest BCUT2D eigenvalue weighted by Crippen LogP contribution is -2.39. The first-order valence-electron chi connectivity index (χ1n) is 8.38. The van der Waals surface area contributed by atoms with Crippen LogP contribution >= 0.6 is 23.1 Å². The second kappa shape index (κ2) is 8.80. The van der Waals surface area contributed by atoms with Crippen LogP contribution < -0.4 is 5.32 Å². The van der Waals surface area contributed by atoms with Crippen LogP contribution in [-0.4, -0.2) is 28.2 Å². The SMILES string of the molecule is O=C(CC(C(F)(F)F)C(F)(F)F)Nc1ccc2nc(SCc3cccnc3)sc2c1. The Kier molecular flexibility index (Phi) is 6.56. The lowest BCUT2D eigenvalue weighted by atomic mass is 10.0. The number of anilines is 1. The highest BCUT2D eigenvalue weighted by molar-refractivity contribution is 8.00. The molecule has 1 amide bonds. The van der Waals surface area contributed by atoms with Crippen molar-refractivity contribution >= 4 is 44.9 Å². The molecule has 12 heteroatoms. The number of hydrogen-bond donors (Lipinski definition) is 1. The van der Waals surface area contributed by atoms with Gasteiger partial charge in [-0.15, -0.1) is 11.3 Å². The second-order valence-electron chi connectivity index (χ2n) is 6.20. The molecule has 160 valence electrons. The standard InChI is InChI=1S/C18H13F6N3OS2/c19-17(20,21)14(18(22,23)24)7-15(28)26-11-3-4-12-13(6-11)30-16(27-12)29-9-10-2-1-5-25-8-10/h1-6,8,14H,7,9H2,(H,26,28). The van der Waals surface area contributed by atoms with Crippen LogP contribution in [-0.2, 0) is 10.5 Å². The summed E-state index contributed by atoms with van der Waals surface area (Å²) in [7, 11) is 0. The van der Waals surface area contributed by atoms with Gasteiger partial charge in [0.1, 0.15) is 0 Å². The van der Waals surface area contributed by atoms with Gasteiger partial charge in [0, 0.05) is 30.3 Å². The summed E-state index contributed by atoms with van der Waals surface area (Å²) in [5, 5.41) is 2.10. The number of pyridine rings is 1. The number of carbonyl (C=O) groups is 1. The van der Waals surface area contributed by atoms with Crippen LogP contribution in [0.25, 0.3) is 10.2 Å². The summed E-state index contributed by atoms with van der Waals surface area (Å²) in [6, 6.07) is 8.11. The molecular formula is C18H13F6N3OS2. The molecule has 2 aromatic heterocycles. The molecule has 3 aromatic rings. The topological polar surface area (TPSA) is 54.9 Å². The van der Waals surface area contributed by atoms with Gasteiger partial charge in [0.25, 0.3) is 0 Å². The van der Waals surface area contributed by atoms with Gasteiger partial charge in [0.2, 0.25) is 5.91 Å². The third kappa shape index (κ3) is 5.85. The largest absolute Gasteiger partial charge is 0.400 e. The average molecular weight is 465 g/mol. The molecule has 0 saturated carbocycles. The van der Waals surface area contributed by atoms with Crippen LogP contribution in [0.1, 0.15) is 12.0 Å². The summed E-state index contributed by atoms with van der Waals surface area (Å²) in [5.41, 5.74) is 1.71. The van der Waals surface area contributed by atoms with Crippen molar-refractivity contribution < 1.29 is 31.1 Å². The van der Waals surface area contributed by atoms with E-state index in [1.807, 2.05) is 12.1 Å². The maximum Gasteiger partial charge on any atom is 0.400 e. The Bertz CT molecular complexity index is 1010. The normalized spacial score (nSPS) is 12.5. The number of carbonyl (C=O) groups excluding carboxylic acids is 1. The van der Waals surface area contributed by atoms with E-state index < -0.39 is 30.6 Å². The molecule has 0 radical (unpaired) electrons. The van der Waals surface area contributed by atoms with E-state index in [2.05, 4.69) is 15.3 Å². The summed E-state index contributed by atoms with van der Waals surface area (Å²) >= 11 is 2.76. The highest BCUT2D eigenvalue weighted by Crippen LogP contribution is 2.41. The molecule has 1 aromatic carbocycles. The van der Waals surface area contributed by atoms with Gasteiger partial charge in [-0.1, -0.05) is 17.8 Å². The molecule has 0 aliphatic heterocycles. The predicted molar refractivity (Wildman–Crippen MR) is 102 cm³/mol. The maximum absolute atomic E-state index is 12.6. The number of thiazole rings is 1. The van der Waals surface area contributed by atoms with E-state index in [1.165, 1.54) is 35.2 Å². The fourth-order valence-electron chi connectivity index (χ4n) is 2.49. The van der Waals surface area contributed by atoms with Gasteiger partial charge < -0.3 is 5.32 Å². The number of amides is 1. The van der Waals surface area contributed by atoms with E-state index in [-0.39, 0.29) is 5.69 Å². The highest BCUT2D eigenvalue weighted by Gasteiger charge is 2.57. The fourth-order valence-corrected chi connectivity index (χ4v) is 4.53. The summed E-state index contributed by atoms with van der Waals surface area (Å²) in [6.45, 7) is 0. The highest BCUT2D eigenvalue weighted by atomic mass is 32.2. The van der Waals surface area contributed by atoms with Crippen molar-refractivity contribution in [2.45, 2.75) is 28.9 Å². The molecule has 0 fully saturated rings. The number of nitrogens with zero attached hydrogens (tertiary/aromatic N) is 2. The Morgan fingerprint density at radius 2 is 1.87 bits per heavy atom. The minimum atomic E-state index is -5.56. The zero-order valence-corrected chi connectivity index (χ0v) is 16.6. The lowest BCUT2D eigenvalue weighted by Gasteiger charge is -2.22. The Labute approximate surface area is 174 Å². The average Bonchev–Trinajstić information content (AvgIpc) is 3.06. The van der Waals surface area contributed by atoms with Crippen molar-refractivity contribution in [2.24, 2.45) is 5.92 Å². The molecule has 30 heavy (non-hydrogen) atoms. The number of aromatic nitrogens is 2. The molecule has 3 rings (SSSR count). The number of halogens is 6. The van der Waals surface area contributed by atoms with Crippen LogP contribution in [0.3, 0.4) is 0 Å². The van der Waals surface area contributed by atoms with Crippen LogP contribution in [0, 0.1) is 5.92 Å². The van der Waals surface area contributed by atoms with E-state index in [1.54, 1.807) is 18.5 Å². The Balaban J connectivity index is 1.67. The first kappa shape index (κ1) is 22.3. The quantitative estimate of drug-likeness (QED) is 0.356. The van der Waals surface area contributed by atoms with E-state index in [4.69, 9.17) is 0 Å². The number of hydrogen-bond acceptors (Lipinski definition) is 5. The summed E-state index contributed by atoms with van der Waals surface area (Å²) < 4.78 is 77.0. The summed E-state index contributed by atoms with van der Waals surface area (Å²) in [4.78, 5) is 20.2. The zero-order chi connectivity index (χ0) is 21.9. The number of nitrogens with one attached hydrogen (secondary N) is 1. The smallest absolute Gasteiger partial charge is 0.326 e.